The summed E-state index contributed by atoms with van der Waals surface area (Å²) in [4.78, 5) is 24.2. The highest BCUT2D eigenvalue weighted by molar-refractivity contribution is 5.85. The molecule has 0 aliphatic heterocycles. The number of nitrogens with one attached hydrogen (secondary N) is 1. The monoisotopic (exact) mass is 396 g/mol. The van der Waals surface area contributed by atoms with E-state index in [0.717, 1.165) is 22.3 Å². The number of amides is 2. The number of primary amides is 1. The molecule has 0 bridgehead atoms. The minimum absolute atomic E-state index is 0.0524. The molecule has 0 saturated heterocycles. The van der Waals surface area contributed by atoms with Gasteiger partial charge in [-0.15, -0.1) is 0 Å². The van der Waals surface area contributed by atoms with Gasteiger partial charge in [0, 0.05) is 5.92 Å². The summed E-state index contributed by atoms with van der Waals surface area (Å²) >= 11 is 0. The first-order chi connectivity index (χ1) is 13.7. The number of carbonyl (C=O) groups excluding carboxylic acids is 2. The second kappa shape index (κ2) is 8.25. The molecule has 6 heteroatoms. The van der Waals surface area contributed by atoms with Crippen LogP contribution in [0, 0.1) is 0 Å². The Morgan fingerprint density at radius 2 is 1.55 bits per heavy atom. The molecule has 0 heterocycles. The maximum absolute atomic E-state index is 12.4. The van der Waals surface area contributed by atoms with E-state index in [4.69, 9.17) is 15.2 Å². The van der Waals surface area contributed by atoms with Crippen molar-refractivity contribution in [2.45, 2.75) is 51.4 Å². The highest BCUT2D eigenvalue weighted by atomic mass is 16.6. The maximum Gasteiger partial charge on any atom is 0.407 e. The zero-order valence-electron chi connectivity index (χ0n) is 17.3. The molecule has 2 aromatic carbocycles. The predicted octanol–water partition coefficient (Wildman–Crippen LogP) is 3.58. The van der Waals surface area contributed by atoms with Crippen LogP contribution in [-0.2, 0) is 14.3 Å². The van der Waals surface area contributed by atoms with E-state index in [1.807, 2.05) is 57.2 Å². The lowest BCUT2D eigenvalue weighted by Gasteiger charge is -2.29. The molecule has 29 heavy (non-hydrogen) atoms. The molecule has 2 atom stereocenters. The molecule has 1 aliphatic rings. The summed E-state index contributed by atoms with van der Waals surface area (Å²) in [5.41, 5.74) is 9.53. The molecule has 154 valence electrons. The molecule has 6 nitrogen and oxygen atoms in total. The number of hydrogen-bond donors (Lipinski definition) is 2. The molecule has 0 aromatic heterocycles. The van der Waals surface area contributed by atoms with Crippen LogP contribution < -0.4 is 11.1 Å². The quantitative estimate of drug-likeness (QED) is 0.781. The number of hydrogen-bond acceptors (Lipinski definition) is 4. The van der Waals surface area contributed by atoms with Crippen LogP contribution in [0.5, 0.6) is 0 Å². The molecular formula is C23H28N2O4. The van der Waals surface area contributed by atoms with E-state index in [0.29, 0.717) is 0 Å². The van der Waals surface area contributed by atoms with Crippen LogP contribution in [0.4, 0.5) is 4.79 Å². The van der Waals surface area contributed by atoms with Crippen molar-refractivity contribution in [3.05, 3.63) is 59.7 Å². The van der Waals surface area contributed by atoms with E-state index in [1.54, 1.807) is 6.92 Å². The van der Waals surface area contributed by atoms with E-state index in [2.05, 4.69) is 17.4 Å². The minimum Gasteiger partial charge on any atom is -0.449 e. The summed E-state index contributed by atoms with van der Waals surface area (Å²) in [6, 6.07) is 15.2. The summed E-state index contributed by atoms with van der Waals surface area (Å²) in [6.45, 7) is 7.48. The third kappa shape index (κ3) is 4.77. The lowest BCUT2D eigenvalue weighted by molar-refractivity contribution is -0.127. The van der Waals surface area contributed by atoms with Gasteiger partial charge in [-0.25, -0.2) is 4.79 Å². The van der Waals surface area contributed by atoms with E-state index in [-0.39, 0.29) is 12.5 Å². The molecule has 2 amide bonds. The highest BCUT2D eigenvalue weighted by Crippen LogP contribution is 2.44. The van der Waals surface area contributed by atoms with Gasteiger partial charge >= 0.3 is 6.09 Å². The van der Waals surface area contributed by atoms with Gasteiger partial charge in [-0.2, -0.15) is 0 Å². The first-order valence-electron chi connectivity index (χ1n) is 9.76. The third-order valence-corrected chi connectivity index (χ3v) is 4.93. The summed E-state index contributed by atoms with van der Waals surface area (Å²) in [5, 5.41) is 2.55. The summed E-state index contributed by atoms with van der Waals surface area (Å²) in [7, 11) is 0. The summed E-state index contributed by atoms with van der Waals surface area (Å²) < 4.78 is 11.2. The van der Waals surface area contributed by atoms with Gasteiger partial charge in [-0.05, 0) is 49.9 Å². The van der Waals surface area contributed by atoms with E-state index in [1.165, 1.54) is 0 Å². The van der Waals surface area contributed by atoms with E-state index >= 15 is 0 Å². The Morgan fingerprint density at radius 1 is 1.03 bits per heavy atom. The normalized spacial score (nSPS) is 15.2. The second-order valence-electron chi connectivity index (χ2n) is 8.29. The van der Waals surface area contributed by atoms with Crippen molar-refractivity contribution in [1.29, 1.82) is 0 Å². The minimum atomic E-state index is -0.982. The Balaban J connectivity index is 1.68. The van der Waals surface area contributed by atoms with Crippen LogP contribution in [0.25, 0.3) is 11.1 Å². The van der Waals surface area contributed by atoms with E-state index < -0.39 is 29.7 Å². The topological polar surface area (TPSA) is 90.7 Å². The fourth-order valence-corrected chi connectivity index (χ4v) is 3.81. The van der Waals surface area contributed by atoms with Gasteiger partial charge in [0.2, 0.25) is 5.91 Å². The Hall–Kier alpha value is -2.86. The number of fused-ring (bicyclic) bond motifs is 3. The second-order valence-corrected chi connectivity index (χ2v) is 8.29. The number of ether oxygens (including phenoxy) is 2. The lowest BCUT2D eigenvalue weighted by atomic mass is 9.98. The van der Waals surface area contributed by atoms with E-state index in [9.17, 15) is 9.59 Å². The largest absolute Gasteiger partial charge is 0.449 e. The third-order valence-electron chi connectivity index (χ3n) is 4.93. The molecule has 0 radical (unpaired) electrons. The molecule has 0 unspecified atom stereocenters. The van der Waals surface area contributed by atoms with Crippen LogP contribution >= 0.6 is 0 Å². The van der Waals surface area contributed by atoms with Crippen LogP contribution in [0.3, 0.4) is 0 Å². The van der Waals surface area contributed by atoms with Crippen LogP contribution in [-0.4, -0.2) is 36.4 Å². The fourth-order valence-electron chi connectivity index (χ4n) is 3.81. The van der Waals surface area contributed by atoms with Crippen molar-refractivity contribution in [3.8, 4) is 11.1 Å². The molecular weight excluding hydrogens is 368 g/mol. The molecule has 0 fully saturated rings. The zero-order chi connectivity index (χ0) is 21.2. The number of nitrogens with two attached hydrogens (primary N) is 1. The average Bonchev–Trinajstić information content (AvgIpc) is 2.96. The zero-order valence-corrected chi connectivity index (χ0v) is 17.3. The number of carbonyl (C=O) groups is 2. The first kappa shape index (κ1) is 20.9. The Morgan fingerprint density at radius 3 is 2.03 bits per heavy atom. The van der Waals surface area contributed by atoms with Crippen molar-refractivity contribution in [2.75, 3.05) is 6.61 Å². The van der Waals surface area contributed by atoms with Crippen LogP contribution in [0.15, 0.2) is 48.5 Å². The molecule has 3 N–H and O–H groups in total. The SMILES string of the molecule is C[C@@H](OC(C)(C)C)[C@H](NC(=O)OCC1c2ccccc2-c2ccccc21)C(N)=O. The Bertz CT molecular complexity index is 858. The molecule has 0 spiro atoms. The Labute approximate surface area is 171 Å². The number of alkyl carbamates (subject to hydrolysis) is 1. The maximum atomic E-state index is 12.4. The van der Waals surface area contributed by atoms with Crippen molar-refractivity contribution in [2.24, 2.45) is 5.73 Å². The van der Waals surface area contributed by atoms with Gasteiger partial charge in [-0.1, -0.05) is 48.5 Å². The number of benzene rings is 2. The molecule has 3 rings (SSSR count). The Kier molecular flexibility index (Phi) is 5.94. The lowest BCUT2D eigenvalue weighted by Crippen LogP contribution is -2.53. The molecule has 2 aromatic rings. The fraction of sp³-hybridized carbons (Fsp3) is 0.391. The van der Waals surface area contributed by atoms with Gasteiger partial charge in [0.15, 0.2) is 0 Å². The van der Waals surface area contributed by atoms with Gasteiger partial charge < -0.3 is 20.5 Å². The number of rotatable bonds is 6. The van der Waals surface area contributed by atoms with Crippen LogP contribution in [0.2, 0.25) is 0 Å². The summed E-state index contributed by atoms with van der Waals surface area (Å²) in [5.74, 6) is -0.723. The van der Waals surface area contributed by atoms with Crippen molar-refractivity contribution in [1.82, 2.24) is 5.32 Å². The molecule has 0 saturated carbocycles. The van der Waals surface area contributed by atoms with Crippen molar-refractivity contribution in [3.63, 3.8) is 0 Å². The highest BCUT2D eigenvalue weighted by Gasteiger charge is 2.32. The van der Waals surface area contributed by atoms with Crippen LogP contribution in [0.1, 0.15) is 44.7 Å². The van der Waals surface area contributed by atoms with Crippen molar-refractivity contribution >= 4 is 12.0 Å². The predicted molar refractivity (Wildman–Crippen MR) is 111 cm³/mol. The average molecular weight is 396 g/mol. The van der Waals surface area contributed by atoms with Crippen molar-refractivity contribution < 1.29 is 19.1 Å². The first-order valence-corrected chi connectivity index (χ1v) is 9.76. The summed E-state index contributed by atoms with van der Waals surface area (Å²) in [6.07, 6.45) is -1.28. The molecule has 1 aliphatic carbocycles. The van der Waals surface area contributed by atoms with Gasteiger partial charge in [0.25, 0.3) is 0 Å². The van der Waals surface area contributed by atoms with Gasteiger partial charge in [0.1, 0.15) is 12.6 Å². The smallest absolute Gasteiger partial charge is 0.407 e. The van der Waals surface area contributed by atoms with Gasteiger partial charge in [0.05, 0.1) is 11.7 Å². The standard InChI is InChI=1S/C23H28N2O4/c1-14(29-23(2,3)4)20(21(24)26)25-22(27)28-13-19-17-11-7-5-9-15(17)16-10-6-8-12-18(16)19/h5-12,14,19-20H,13H2,1-4H3,(H2,24,26)(H,25,27)/t14-,20+/m1/s1. The van der Waals surface area contributed by atoms with Gasteiger partial charge in [-0.3, -0.25) is 4.79 Å².